The van der Waals surface area contributed by atoms with Crippen LogP contribution < -0.4 is 5.32 Å². The zero-order chi connectivity index (χ0) is 21.1. The van der Waals surface area contributed by atoms with Crippen molar-refractivity contribution in [1.29, 1.82) is 0 Å². The quantitative estimate of drug-likeness (QED) is 0.723. The molecule has 1 N–H and O–H groups in total. The monoisotopic (exact) mass is 407 g/mol. The van der Waals surface area contributed by atoms with Crippen molar-refractivity contribution in [2.45, 2.75) is 38.5 Å². The molecule has 0 saturated carbocycles. The number of carbonyl (C=O) groups is 2. The highest BCUT2D eigenvalue weighted by atomic mass is 32.2. The average Bonchev–Trinajstić information content (AvgIpc) is 2.60. The van der Waals surface area contributed by atoms with E-state index in [1.807, 2.05) is 0 Å². The molecular formula is C20H25NO6S. The largest absolute Gasteiger partial charge is 0.463 e. The van der Waals surface area contributed by atoms with Crippen molar-refractivity contribution in [3.63, 3.8) is 0 Å². The number of esters is 2. The molecule has 0 unspecified atom stereocenters. The fraction of sp³-hybridized carbons (Fsp3) is 0.400. The molecule has 1 heterocycles. The molecule has 0 aliphatic carbocycles. The molecule has 152 valence electrons. The summed E-state index contributed by atoms with van der Waals surface area (Å²) in [6.07, 6.45) is 1.09. The SMILES string of the molecule is CCOC(=O)C1=C(C)NC(C)=C(C(=O)OCC)C1c1ccccc1S(C)(=O)=O. The van der Waals surface area contributed by atoms with Crippen LogP contribution in [0.1, 0.15) is 39.2 Å². The third-order valence-electron chi connectivity index (χ3n) is 4.38. The van der Waals surface area contributed by atoms with Crippen molar-refractivity contribution < 1.29 is 27.5 Å². The molecule has 0 fully saturated rings. The smallest absolute Gasteiger partial charge is 0.336 e. The predicted molar refractivity (Wildman–Crippen MR) is 104 cm³/mol. The second-order valence-corrected chi connectivity index (χ2v) is 8.37. The molecule has 0 bridgehead atoms. The Hall–Kier alpha value is -2.61. The summed E-state index contributed by atoms with van der Waals surface area (Å²) < 4.78 is 35.2. The second-order valence-electron chi connectivity index (χ2n) is 6.39. The van der Waals surface area contributed by atoms with Crippen LogP contribution in [0, 0.1) is 0 Å². The summed E-state index contributed by atoms with van der Waals surface area (Å²) in [5.41, 5.74) is 1.70. The minimum Gasteiger partial charge on any atom is -0.463 e. The predicted octanol–water partition coefficient (Wildman–Crippen LogP) is 2.45. The van der Waals surface area contributed by atoms with E-state index >= 15 is 0 Å². The molecular weight excluding hydrogens is 382 g/mol. The number of ether oxygens (including phenoxy) is 2. The molecule has 0 radical (unpaired) electrons. The highest BCUT2D eigenvalue weighted by Crippen LogP contribution is 2.41. The van der Waals surface area contributed by atoms with E-state index in [9.17, 15) is 18.0 Å². The topological polar surface area (TPSA) is 98.8 Å². The van der Waals surface area contributed by atoms with Crippen LogP contribution in [0.4, 0.5) is 0 Å². The minimum absolute atomic E-state index is 0.0473. The van der Waals surface area contributed by atoms with Crippen molar-refractivity contribution in [1.82, 2.24) is 5.32 Å². The molecule has 7 nitrogen and oxygen atoms in total. The third kappa shape index (κ3) is 4.27. The van der Waals surface area contributed by atoms with Crippen molar-refractivity contribution >= 4 is 21.8 Å². The number of allylic oxidation sites excluding steroid dienone is 2. The van der Waals surface area contributed by atoms with Gasteiger partial charge in [0.25, 0.3) is 0 Å². The number of carbonyl (C=O) groups excluding carboxylic acids is 2. The molecule has 0 aromatic heterocycles. The van der Waals surface area contributed by atoms with Gasteiger partial charge in [0.15, 0.2) is 9.84 Å². The lowest BCUT2D eigenvalue weighted by Crippen LogP contribution is -2.33. The summed E-state index contributed by atoms with van der Waals surface area (Å²) in [6.45, 7) is 7.02. The molecule has 0 atom stereocenters. The van der Waals surface area contributed by atoms with Crippen LogP contribution >= 0.6 is 0 Å². The standard InChI is InChI=1S/C20H25NO6S/c1-6-26-19(22)16-12(3)21-13(4)17(20(23)27-7-2)18(16)14-10-8-9-11-15(14)28(5,24)25/h8-11,18,21H,6-7H2,1-5H3. The minimum atomic E-state index is -3.61. The number of sulfone groups is 1. The van der Waals surface area contributed by atoms with Gasteiger partial charge < -0.3 is 14.8 Å². The van der Waals surface area contributed by atoms with Gasteiger partial charge in [0.05, 0.1) is 35.2 Å². The van der Waals surface area contributed by atoms with E-state index in [4.69, 9.17) is 9.47 Å². The van der Waals surface area contributed by atoms with Crippen LogP contribution in [0.15, 0.2) is 51.7 Å². The van der Waals surface area contributed by atoms with Crippen LogP contribution in [-0.4, -0.2) is 39.8 Å². The molecule has 1 aromatic carbocycles. The van der Waals surface area contributed by atoms with Gasteiger partial charge in [-0.05, 0) is 39.3 Å². The summed E-state index contributed by atoms with van der Waals surface area (Å²) in [5, 5.41) is 3.02. The number of rotatable bonds is 6. The molecule has 2 rings (SSSR count). The van der Waals surface area contributed by atoms with Gasteiger partial charge in [0.1, 0.15) is 0 Å². The van der Waals surface area contributed by atoms with E-state index in [-0.39, 0.29) is 29.3 Å². The molecule has 28 heavy (non-hydrogen) atoms. The summed E-state index contributed by atoms with van der Waals surface area (Å²) >= 11 is 0. The van der Waals surface area contributed by atoms with Gasteiger partial charge in [-0.3, -0.25) is 0 Å². The van der Waals surface area contributed by atoms with E-state index in [1.54, 1.807) is 45.9 Å². The van der Waals surface area contributed by atoms with Crippen molar-refractivity contribution in [3.05, 3.63) is 52.4 Å². The third-order valence-corrected chi connectivity index (χ3v) is 5.55. The summed E-state index contributed by atoms with van der Waals surface area (Å²) in [5.74, 6) is -2.16. The van der Waals surface area contributed by atoms with Gasteiger partial charge in [0.2, 0.25) is 0 Å². The Morgan fingerprint density at radius 1 is 0.964 bits per heavy atom. The van der Waals surface area contributed by atoms with E-state index < -0.39 is 27.7 Å². The van der Waals surface area contributed by atoms with Crippen LogP contribution in [-0.2, 0) is 28.9 Å². The van der Waals surface area contributed by atoms with E-state index in [2.05, 4.69) is 5.32 Å². The Labute approximate surface area is 165 Å². The molecule has 8 heteroatoms. The Balaban J connectivity index is 2.82. The van der Waals surface area contributed by atoms with Gasteiger partial charge >= 0.3 is 11.9 Å². The van der Waals surface area contributed by atoms with E-state index in [1.165, 1.54) is 6.07 Å². The lowest BCUT2D eigenvalue weighted by Gasteiger charge is -2.31. The normalized spacial score (nSPS) is 15.3. The van der Waals surface area contributed by atoms with Crippen LogP contribution in [0.25, 0.3) is 0 Å². The first kappa shape index (κ1) is 21.7. The first-order chi connectivity index (χ1) is 13.1. The van der Waals surface area contributed by atoms with Crippen LogP contribution in [0.5, 0.6) is 0 Å². The number of nitrogens with one attached hydrogen (secondary N) is 1. The zero-order valence-corrected chi connectivity index (χ0v) is 17.5. The fourth-order valence-corrected chi connectivity index (χ4v) is 4.26. The van der Waals surface area contributed by atoms with Gasteiger partial charge in [-0.25, -0.2) is 18.0 Å². The lowest BCUT2D eigenvalue weighted by atomic mass is 9.80. The maximum Gasteiger partial charge on any atom is 0.336 e. The van der Waals surface area contributed by atoms with Crippen molar-refractivity contribution in [2.75, 3.05) is 19.5 Å². The molecule has 1 aromatic rings. The first-order valence-electron chi connectivity index (χ1n) is 8.95. The fourth-order valence-electron chi connectivity index (χ4n) is 3.32. The highest BCUT2D eigenvalue weighted by Gasteiger charge is 2.39. The number of benzene rings is 1. The van der Waals surface area contributed by atoms with Gasteiger partial charge in [0, 0.05) is 17.6 Å². The Bertz CT molecular complexity index is 919. The van der Waals surface area contributed by atoms with Crippen molar-refractivity contribution in [3.8, 4) is 0 Å². The summed E-state index contributed by atoms with van der Waals surface area (Å²) in [7, 11) is -3.61. The highest BCUT2D eigenvalue weighted by molar-refractivity contribution is 7.90. The lowest BCUT2D eigenvalue weighted by molar-refractivity contribution is -0.139. The number of hydrogen-bond acceptors (Lipinski definition) is 7. The Morgan fingerprint density at radius 2 is 1.43 bits per heavy atom. The molecule has 0 spiro atoms. The first-order valence-corrected chi connectivity index (χ1v) is 10.8. The number of hydrogen-bond donors (Lipinski definition) is 1. The molecule has 1 aliphatic heterocycles. The number of dihydropyridines is 1. The maximum atomic E-state index is 12.7. The Morgan fingerprint density at radius 3 is 1.86 bits per heavy atom. The second kappa shape index (κ2) is 8.60. The van der Waals surface area contributed by atoms with Crippen molar-refractivity contribution in [2.24, 2.45) is 0 Å². The van der Waals surface area contributed by atoms with Gasteiger partial charge in [-0.1, -0.05) is 18.2 Å². The van der Waals surface area contributed by atoms with Gasteiger partial charge in [-0.15, -0.1) is 0 Å². The molecule has 0 saturated heterocycles. The van der Waals surface area contributed by atoms with Crippen LogP contribution in [0.3, 0.4) is 0 Å². The maximum absolute atomic E-state index is 12.7. The Kier molecular flexibility index (Phi) is 6.66. The summed E-state index contributed by atoms with van der Waals surface area (Å²) in [4.78, 5) is 25.5. The van der Waals surface area contributed by atoms with Gasteiger partial charge in [-0.2, -0.15) is 0 Å². The average molecular weight is 407 g/mol. The summed E-state index contributed by atoms with van der Waals surface area (Å²) in [6, 6.07) is 6.33. The molecule has 0 amide bonds. The zero-order valence-electron chi connectivity index (χ0n) is 16.7. The van der Waals surface area contributed by atoms with E-state index in [0.717, 1.165) is 6.26 Å². The molecule has 1 aliphatic rings. The van der Waals surface area contributed by atoms with Crippen LogP contribution in [0.2, 0.25) is 0 Å². The van der Waals surface area contributed by atoms with E-state index in [0.29, 0.717) is 17.0 Å².